The van der Waals surface area contributed by atoms with E-state index in [0.29, 0.717) is 29.1 Å². The Kier molecular flexibility index (Phi) is 6.10. The number of pyridine rings is 1. The molecule has 2 N–H and O–H groups in total. The number of alkyl halides is 3. The third-order valence-corrected chi connectivity index (χ3v) is 6.73. The quantitative estimate of drug-likeness (QED) is 0.514. The molecule has 168 valence electrons. The second-order valence-corrected chi connectivity index (χ2v) is 9.07. The summed E-state index contributed by atoms with van der Waals surface area (Å²) in [5.74, 6) is -1.11. The Hall–Kier alpha value is -2.70. The van der Waals surface area contributed by atoms with Gasteiger partial charge in [-0.25, -0.2) is 4.98 Å². The Morgan fingerprint density at radius 3 is 2.91 bits per heavy atom. The van der Waals surface area contributed by atoms with Gasteiger partial charge in [0.25, 0.3) is 0 Å². The van der Waals surface area contributed by atoms with Gasteiger partial charge in [0.2, 0.25) is 0 Å². The maximum Gasteiger partial charge on any atom is 0.391 e. The molecule has 0 bridgehead atoms. The molecule has 32 heavy (non-hydrogen) atoms. The monoisotopic (exact) mass is 460 g/mol. The lowest BCUT2D eigenvalue weighted by atomic mass is 9.76. The van der Waals surface area contributed by atoms with Crippen LogP contribution in [0.15, 0.2) is 47.6 Å². The predicted octanol–water partition coefficient (Wildman–Crippen LogP) is 5.42. The topological polar surface area (TPSA) is 76.3 Å². The molecule has 2 atom stereocenters. The fraction of sp³-hybridized carbons (Fsp3) is 0.391. The van der Waals surface area contributed by atoms with Gasteiger partial charge in [0.05, 0.1) is 23.3 Å². The first-order valence-electron chi connectivity index (χ1n) is 10.3. The fourth-order valence-electron chi connectivity index (χ4n) is 4.30. The molecule has 4 rings (SSSR count). The fourth-order valence-corrected chi connectivity index (χ4v) is 4.89. The maximum atomic E-state index is 13.3. The lowest BCUT2D eigenvalue weighted by Gasteiger charge is -2.38. The van der Waals surface area contributed by atoms with Crippen LogP contribution in [0.1, 0.15) is 31.2 Å². The SMILES string of the molecule is CSc1cc(-c2cnc3ccccn23)cc(OC[C@]2(N)CCC[C@@H](C(F)(F)F)C2)c1C#N. The Labute approximate surface area is 188 Å². The van der Waals surface area contributed by atoms with Crippen molar-refractivity contribution in [3.8, 4) is 23.1 Å². The average Bonchev–Trinajstić information content (AvgIpc) is 3.20. The molecule has 0 spiro atoms. The second-order valence-electron chi connectivity index (χ2n) is 8.22. The number of imidazole rings is 1. The van der Waals surface area contributed by atoms with Crippen molar-refractivity contribution in [3.05, 3.63) is 48.3 Å². The van der Waals surface area contributed by atoms with Crippen LogP contribution in [0.3, 0.4) is 0 Å². The van der Waals surface area contributed by atoms with Gasteiger partial charge in [-0.3, -0.25) is 4.40 Å². The normalized spacial score (nSPS) is 21.4. The summed E-state index contributed by atoms with van der Waals surface area (Å²) >= 11 is 1.40. The number of hydrogen-bond acceptors (Lipinski definition) is 5. The number of benzene rings is 1. The molecule has 1 aliphatic carbocycles. The Morgan fingerprint density at radius 2 is 2.19 bits per heavy atom. The minimum atomic E-state index is -4.27. The number of halogens is 3. The second kappa shape index (κ2) is 8.68. The number of aromatic nitrogens is 2. The summed E-state index contributed by atoms with van der Waals surface area (Å²) in [6, 6.07) is 11.5. The zero-order valence-electron chi connectivity index (χ0n) is 17.5. The molecule has 0 radical (unpaired) electrons. The summed E-state index contributed by atoms with van der Waals surface area (Å²) in [4.78, 5) is 5.12. The molecule has 9 heteroatoms. The standard InChI is InChI=1S/C23H23F3N4OS/c1-32-20-10-15(18-13-29-21-6-2-3-8-30(18)21)9-19(17(20)12-27)31-14-22(28)7-4-5-16(11-22)23(24,25)26/h2-3,6,8-10,13,16H,4-5,7,11,14,28H2,1H3/t16-,22+/m1/s1. The summed E-state index contributed by atoms with van der Waals surface area (Å²) < 4.78 is 47.7. The number of fused-ring (bicyclic) bond motifs is 1. The largest absolute Gasteiger partial charge is 0.490 e. The number of nitrogens with two attached hydrogens (primary N) is 1. The lowest BCUT2D eigenvalue weighted by Crippen LogP contribution is -2.51. The van der Waals surface area contributed by atoms with Crippen LogP contribution in [0.4, 0.5) is 13.2 Å². The molecule has 5 nitrogen and oxygen atoms in total. The molecule has 0 aliphatic heterocycles. The molecule has 1 fully saturated rings. The predicted molar refractivity (Wildman–Crippen MR) is 118 cm³/mol. The third kappa shape index (κ3) is 4.43. The van der Waals surface area contributed by atoms with Crippen LogP contribution in [0, 0.1) is 17.2 Å². The van der Waals surface area contributed by atoms with Gasteiger partial charge in [0, 0.05) is 16.7 Å². The van der Waals surface area contributed by atoms with Crippen LogP contribution >= 0.6 is 11.8 Å². The first kappa shape index (κ1) is 22.5. The number of rotatable bonds is 5. The zero-order valence-corrected chi connectivity index (χ0v) is 18.3. The van der Waals surface area contributed by atoms with Gasteiger partial charge in [-0.2, -0.15) is 18.4 Å². The minimum absolute atomic E-state index is 0.0846. The van der Waals surface area contributed by atoms with Crippen LogP contribution in [0.25, 0.3) is 16.9 Å². The van der Waals surface area contributed by atoms with Crippen molar-refractivity contribution in [2.45, 2.75) is 42.3 Å². The highest BCUT2D eigenvalue weighted by atomic mass is 32.2. The van der Waals surface area contributed by atoms with Crippen molar-refractivity contribution in [2.75, 3.05) is 12.9 Å². The first-order chi connectivity index (χ1) is 15.2. The van der Waals surface area contributed by atoms with E-state index in [-0.39, 0.29) is 19.4 Å². The molecule has 3 aromatic rings. The van der Waals surface area contributed by atoms with E-state index in [1.807, 2.05) is 41.1 Å². The smallest absolute Gasteiger partial charge is 0.391 e. The molecule has 1 aliphatic rings. The zero-order chi connectivity index (χ0) is 22.9. The van der Waals surface area contributed by atoms with E-state index in [0.717, 1.165) is 16.9 Å². The van der Waals surface area contributed by atoms with Gasteiger partial charge in [0.15, 0.2) is 0 Å². The van der Waals surface area contributed by atoms with Crippen molar-refractivity contribution in [1.29, 1.82) is 5.26 Å². The number of ether oxygens (including phenoxy) is 1. The first-order valence-corrected chi connectivity index (χ1v) is 11.5. The highest BCUT2D eigenvalue weighted by molar-refractivity contribution is 7.98. The van der Waals surface area contributed by atoms with Gasteiger partial charge >= 0.3 is 6.18 Å². The van der Waals surface area contributed by atoms with Gasteiger partial charge in [-0.15, -0.1) is 11.8 Å². The van der Waals surface area contributed by atoms with Gasteiger partial charge in [-0.1, -0.05) is 12.5 Å². The highest BCUT2D eigenvalue weighted by Crippen LogP contribution is 2.42. The van der Waals surface area contributed by atoms with Crippen molar-refractivity contribution >= 4 is 17.4 Å². The number of hydrogen-bond donors (Lipinski definition) is 1. The lowest BCUT2D eigenvalue weighted by molar-refractivity contribution is -0.188. The van der Waals surface area contributed by atoms with Crippen LogP contribution in [-0.2, 0) is 0 Å². The van der Waals surface area contributed by atoms with Gasteiger partial charge in [-0.05, 0) is 49.8 Å². The van der Waals surface area contributed by atoms with E-state index in [2.05, 4.69) is 11.1 Å². The number of thioether (sulfide) groups is 1. The van der Waals surface area contributed by atoms with Gasteiger partial charge < -0.3 is 10.5 Å². The van der Waals surface area contributed by atoms with Crippen LogP contribution < -0.4 is 10.5 Å². The molecular formula is C23H23F3N4OS. The summed E-state index contributed by atoms with van der Waals surface area (Å²) in [7, 11) is 0. The molecule has 1 aromatic carbocycles. The minimum Gasteiger partial charge on any atom is -0.490 e. The number of nitrogens with zero attached hydrogens (tertiary/aromatic N) is 3. The molecule has 0 amide bonds. The Balaban J connectivity index is 1.66. The summed E-state index contributed by atoms with van der Waals surface area (Å²) in [6.07, 6.45) is 1.98. The maximum absolute atomic E-state index is 13.3. The molecule has 0 unspecified atom stereocenters. The van der Waals surface area contributed by atoms with E-state index in [1.54, 1.807) is 12.3 Å². The van der Waals surface area contributed by atoms with Gasteiger partial charge in [0.1, 0.15) is 29.6 Å². The highest BCUT2D eigenvalue weighted by Gasteiger charge is 2.46. The third-order valence-electron chi connectivity index (χ3n) is 5.97. The van der Waals surface area contributed by atoms with Crippen molar-refractivity contribution in [1.82, 2.24) is 9.38 Å². The Bertz CT molecular complexity index is 1170. The molecular weight excluding hydrogens is 437 g/mol. The molecule has 0 saturated heterocycles. The van der Waals surface area contributed by atoms with Crippen LogP contribution in [0.2, 0.25) is 0 Å². The molecule has 1 saturated carbocycles. The van der Waals surface area contributed by atoms with Crippen molar-refractivity contribution in [2.24, 2.45) is 11.7 Å². The van der Waals surface area contributed by atoms with E-state index < -0.39 is 17.6 Å². The van der Waals surface area contributed by atoms with E-state index in [4.69, 9.17) is 10.5 Å². The van der Waals surface area contributed by atoms with Crippen LogP contribution in [0.5, 0.6) is 5.75 Å². The summed E-state index contributed by atoms with van der Waals surface area (Å²) in [6.45, 7) is -0.0846. The average molecular weight is 461 g/mol. The molecule has 2 aromatic heterocycles. The van der Waals surface area contributed by atoms with E-state index >= 15 is 0 Å². The van der Waals surface area contributed by atoms with Crippen LogP contribution in [-0.4, -0.2) is 34.0 Å². The Morgan fingerprint density at radius 1 is 1.38 bits per heavy atom. The summed E-state index contributed by atoms with van der Waals surface area (Å²) in [5, 5.41) is 9.73. The summed E-state index contributed by atoms with van der Waals surface area (Å²) in [5.41, 5.74) is 7.99. The molecule has 2 heterocycles. The van der Waals surface area contributed by atoms with E-state index in [9.17, 15) is 18.4 Å². The van der Waals surface area contributed by atoms with Crippen molar-refractivity contribution < 1.29 is 17.9 Å². The van der Waals surface area contributed by atoms with E-state index in [1.165, 1.54) is 11.8 Å². The number of nitriles is 1. The van der Waals surface area contributed by atoms with Crippen molar-refractivity contribution in [3.63, 3.8) is 0 Å².